The van der Waals surface area contributed by atoms with Gasteiger partial charge in [-0.05, 0) is 50.8 Å². The Morgan fingerprint density at radius 3 is 2.59 bits per heavy atom. The second-order valence-electron chi connectivity index (χ2n) is 7.48. The van der Waals surface area contributed by atoms with Crippen molar-refractivity contribution in [2.45, 2.75) is 44.4 Å². The third-order valence-corrected chi connectivity index (χ3v) is 5.22. The van der Waals surface area contributed by atoms with E-state index in [1.54, 1.807) is 24.3 Å². The molecule has 0 spiro atoms. The van der Waals surface area contributed by atoms with Crippen molar-refractivity contribution in [1.29, 1.82) is 0 Å². The minimum Gasteiger partial charge on any atom is -0.335 e. The van der Waals surface area contributed by atoms with Crippen LogP contribution >= 0.6 is 0 Å². The first-order chi connectivity index (χ1) is 13.1. The maximum absolute atomic E-state index is 13.1. The predicted octanol–water partition coefficient (Wildman–Crippen LogP) is 4.43. The largest absolute Gasteiger partial charge is 0.335 e. The van der Waals surface area contributed by atoms with Crippen LogP contribution < -0.4 is 5.32 Å². The van der Waals surface area contributed by atoms with Crippen molar-refractivity contribution in [3.05, 3.63) is 52.8 Å². The van der Waals surface area contributed by atoms with Gasteiger partial charge in [0.1, 0.15) is 0 Å². The molecule has 0 radical (unpaired) electrons. The first-order valence-corrected chi connectivity index (χ1v) is 9.32. The van der Waals surface area contributed by atoms with E-state index in [2.05, 4.69) is 15.5 Å². The second kappa shape index (κ2) is 6.01. The van der Waals surface area contributed by atoms with Crippen molar-refractivity contribution in [3.8, 4) is 0 Å². The van der Waals surface area contributed by atoms with Crippen molar-refractivity contribution < 1.29 is 14.1 Å². The van der Waals surface area contributed by atoms with E-state index in [9.17, 15) is 9.59 Å². The number of hydrogen-bond acceptors (Lipinski definition) is 5. The predicted molar refractivity (Wildman–Crippen MR) is 100 cm³/mol. The molecule has 6 nitrogen and oxygen atoms in total. The molecular formula is C21H19N3O3. The SMILES string of the molecule is CC(=O)c1cccc(NC(=O)c2cc(C3CC3)nc3onc(C4CC4)c23)c1. The molecule has 1 amide bonds. The topological polar surface area (TPSA) is 85.1 Å². The van der Waals surface area contributed by atoms with E-state index in [4.69, 9.17) is 4.52 Å². The number of anilines is 1. The van der Waals surface area contributed by atoms with Crippen molar-refractivity contribution >= 4 is 28.5 Å². The Hall–Kier alpha value is -3.02. The molecule has 136 valence electrons. The molecule has 0 unspecified atom stereocenters. The summed E-state index contributed by atoms with van der Waals surface area (Å²) in [5, 5.41) is 7.85. The van der Waals surface area contributed by atoms with Gasteiger partial charge in [-0.2, -0.15) is 0 Å². The standard InChI is InChI=1S/C21H19N3O3/c1-11(25)14-3-2-4-15(9-14)22-20(26)16-10-17(12-5-6-12)23-21-18(16)19(24-27-21)13-7-8-13/h2-4,9-10,12-13H,5-8H2,1H3,(H,22,26). The Morgan fingerprint density at radius 1 is 1.11 bits per heavy atom. The average Bonchev–Trinajstić information content (AvgIpc) is 3.58. The van der Waals surface area contributed by atoms with Gasteiger partial charge in [0.2, 0.25) is 0 Å². The molecule has 6 heteroatoms. The quantitative estimate of drug-likeness (QED) is 0.679. The van der Waals surface area contributed by atoms with Crippen LogP contribution in [0.5, 0.6) is 0 Å². The van der Waals surface area contributed by atoms with Crippen LogP contribution in [-0.4, -0.2) is 21.8 Å². The van der Waals surface area contributed by atoms with Crippen LogP contribution in [0, 0.1) is 0 Å². The highest BCUT2D eigenvalue weighted by atomic mass is 16.5. The highest BCUT2D eigenvalue weighted by Gasteiger charge is 2.34. The number of rotatable bonds is 5. The number of carbonyl (C=O) groups is 2. The van der Waals surface area contributed by atoms with Crippen molar-refractivity contribution in [2.24, 2.45) is 0 Å². The number of fused-ring (bicyclic) bond motifs is 1. The molecule has 2 aliphatic carbocycles. The van der Waals surface area contributed by atoms with Gasteiger partial charge in [-0.1, -0.05) is 17.3 Å². The Labute approximate surface area is 156 Å². The molecule has 5 rings (SSSR count). The first kappa shape index (κ1) is 16.2. The summed E-state index contributed by atoms with van der Waals surface area (Å²) in [5.74, 6) is 0.488. The second-order valence-corrected chi connectivity index (χ2v) is 7.48. The Morgan fingerprint density at radius 2 is 1.89 bits per heavy atom. The lowest BCUT2D eigenvalue weighted by Gasteiger charge is -2.09. The van der Waals surface area contributed by atoms with Gasteiger partial charge in [0.15, 0.2) is 5.78 Å². The lowest BCUT2D eigenvalue weighted by atomic mass is 10.0. The van der Waals surface area contributed by atoms with E-state index < -0.39 is 0 Å². The number of carbonyl (C=O) groups excluding carboxylic acids is 2. The zero-order valence-electron chi connectivity index (χ0n) is 15.0. The van der Waals surface area contributed by atoms with Crippen LogP contribution in [-0.2, 0) is 0 Å². The molecule has 2 aromatic heterocycles. The zero-order valence-corrected chi connectivity index (χ0v) is 15.0. The van der Waals surface area contributed by atoms with Crippen LogP contribution in [0.4, 0.5) is 5.69 Å². The summed E-state index contributed by atoms with van der Waals surface area (Å²) in [7, 11) is 0. The molecule has 2 heterocycles. The van der Waals surface area contributed by atoms with Crippen LogP contribution in [0.2, 0.25) is 0 Å². The molecule has 27 heavy (non-hydrogen) atoms. The van der Waals surface area contributed by atoms with Gasteiger partial charge in [-0.25, -0.2) is 4.98 Å². The maximum atomic E-state index is 13.1. The number of benzene rings is 1. The number of aromatic nitrogens is 2. The molecule has 0 atom stereocenters. The molecule has 2 aliphatic rings. The van der Waals surface area contributed by atoms with Gasteiger partial charge in [0, 0.05) is 28.8 Å². The monoisotopic (exact) mass is 361 g/mol. The summed E-state index contributed by atoms with van der Waals surface area (Å²) >= 11 is 0. The average molecular weight is 361 g/mol. The summed E-state index contributed by atoms with van der Waals surface area (Å²) < 4.78 is 5.47. The van der Waals surface area contributed by atoms with Crippen molar-refractivity contribution in [2.75, 3.05) is 5.32 Å². The Kier molecular flexibility index (Phi) is 3.60. The number of Topliss-reactive ketones (excluding diaryl/α,β-unsaturated/α-hetero) is 1. The summed E-state index contributed by atoms with van der Waals surface area (Å²) in [4.78, 5) is 29.3. The number of amides is 1. The third kappa shape index (κ3) is 3.01. The summed E-state index contributed by atoms with van der Waals surface area (Å²) in [5.41, 5.74) is 3.89. The smallest absolute Gasteiger partial charge is 0.259 e. The van der Waals surface area contributed by atoms with E-state index in [-0.39, 0.29) is 11.7 Å². The number of pyridine rings is 1. The Bertz CT molecular complexity index is 1080. The molecule has 0 aliphatic heterocycles. The molecule has 0 bridgehead atoms. The molecular weight excluding hydrogens is 342 g/mol. The van der Waals surface area contributed by atoms with Crippen molar-refractivity contribution in [1.82, 2.24) is 10.1 Å². The summed E-state index contributed by atoms with van der Waals surface area (Å²) in [6, 6.07) is 8.85. The highest BCUT2D eigenvalue weighted by Crippen LogP contribution is 2.45. The molecule has 2 saturated carbocycles. The van der Waals surface area contributed by atoms with Crippen LogP contribution in [0.25, 0.3) is 11.1 Å². The molecule has 2 fully saturated rings. The van der Waals surface area contributed by atoms with Crippen LogP contribution in [0.3, 0.4) is 0 Å². The first-order valence-electron chi connectivity index (χ1n) is 9.32. The van der Waals surface area contributed by atoms with Crippen LogP contribution in [0.1, 0.15) is 76.5 Å². The summed E-state index contributed by atoms with van der Waals surface area (Å²) in [6.07, 6.45) is 4.30. The fraction of sp³-hybridized carbons (Fsp3) is 0.333. The van der Waals surface area contributed by atoms with E-state index in [1.165, 1.54) is 6.92 Å². The fourth-order valence-electron chi connectivity index (χ4n) is 3.41. The lowest BCUT2D eigenvalue weighted by Crippen LogP contribution is -2.14. The van der Waals surface area contributed by atoms with Crippen LogP contribution in [0.15, 0.2) is 34.9 Å². The van der Waals surface area contributed by atoms with Gasteiger partial charge in [0.25, 0.3) is 11.6 Å². The Balaban J connectivity index is 1.56. The van der Waals surface area contributed by atoms with Gasteiger partial charge in [-0.15, -0.1) is 0 Å². The zero-order chi connectivity index (χ0) is 18.5. The normalized spacial score (nSPS) is 16.5. The molecule has 1 N–H and O–H groups in total. The number of hydrogen-bond donors (Lipinski definition) is 1. The van der Waals surface area contributed by atoms with E-state index >= 15 is 0 Å². The maximum Gasteiger partial charge on any atom is 0.259 e. The molecule has 0 saturated heterocycles. The number of nitrogens with one attached hydrogen (secondary N) is 1. The van der Waals surface area contributed by atoms with Gasteiger partial charge in [0.05, 0.1) is 16.6 Å². The minimum absolute atomic E-state index is 0.0384. The van der Waals surface area contributed by atoms with Gasteiger partial charge in [-0.3, -0.25) is 9.59 Å². The lowest BCUT2D eigenvalue weighted by molar-refractivity contribution is 0.101. The molecule has 1 aromatic carbocycles. The minimum atomic E-state index is -0.227. The van der Waals surface area contributed by atoms with Gasteiger partial charge >= 0.3 is 0 Å². The molecule has 3 aromatic rings. The highest BCUT2D eigenvalue weighted by molar-refractivity contribution is 6.12. The summed E-state index contributed by atoms with van der Waals surface area (Å²) in [6.45, 7) is 1.51. The van der Waals surface area contributed by atoms with E-state index in [0.717, 1.165) is 42.5 Å². The fourth-order valence-corrected chi connectivity index (χ4v) is 3.41. The number of nitrogens with zero attached hydrogens (tertiary/aromatic N) is 2. The van der Waals surface area contributed by atoms with E-state index in [1.807, 2.05) is 6.07 Å². The van der Waals surface area contributed by atoms with Crippen molar-refractivity contribution in [3.63, 3.8) is 0 Å². The van der Waals surface area contributed by atoms with E-state index in [0.29, 0.717) is 34.4 Å². The number of ketones is 1. The van der Waals surface area contributed by atoms with Gasteiger partial charge < -0.3 is 9.84 Å². The third-order valence-electron chi connectivity index (χ3n) is 5.22.